The zero-order valence-corrected chi connectivity index (χ0v) is 17.8. The molecule has 0 saturated carbocycles. The van der Waals surface area contributed by atoms with E-state index in [0.29, 0.717) is 30.4 Å². The molecule has 6 nitrogen and oxygen atoms in total. The maximum Gasteiger partial charge on any atom is 0.262 e. The van der Waals surface area contributed by atoms with Crippen LogP contribution in [0.15, 0.2) is 54.9 Å². The van der Waals surface area contributed by atoms with Gasteiger partial charge in [0.05, 0.1) is 19.2 Å². The van der Waals surface area contributed by atoms with Crippen molar-refractivity contribution in [1.82, 2.24) is 9.97 Å². The Kier molecular flexibility index (Phi) is 5.16. The second kappa shape index (κ2) is 7.78. The zero-order valence-electron chi connectivity index (χ0n) is 17.8. The summed E-state index contributed by atoms with van der Waals surface area (Å²) in [6.45, 7) is 7.61. The number of hydrogen-bond donors (Lipinski definition) is 1. The van der Waals surface area contributed by atoms with Gasteiger partial charge in [0, 0.05) is 30.7 Å². The van der Waals surface area contributed by atoms with Crippen molar-refractivity contribution in [3.05, 3.63) is 77.1 Å². The monoisotopic (exact) mass is 402 g/mol. The summed E-state index contributed by atoms with van der Waals surface area (Å²) < 4.78 is 5.17. The van der Waals surface area contributed by atoms with E-state index in [1.54, 1.807) is 24.4 Å². The van der Waals surface area contributed by atoms with E-state index in [1.165, 1.54) is 5.56 Å². The van der Waals surface area contributed by atoms with Gasteiger partial charge in [-0.25, -0.2) is 9.97 Å². The van der Waals surface area contributed by atoms with Gasteiger partial charge in [0.2, 0.25) is 5.88 Å². The van der Waals surface area contributed by atoms with Crippen LogP contribution in [0.4, 0.5) is 11.5 Å². The number of carbonyl (C=O) groups excluding carboxylic acids is 1. The molecule has 3 aromatic rings. The number of ether oxygens (including phenoxy) is 1. The second-order valence-electron chi connectivity index (χ2n) is 8.44. The molecule has 0 saturated heterocycles. The lowest BCUT2D eigenvalue weighted by atomic mass is 9.87. The first-order valence-electron chi connectivity index (χ1n) is 10.00. The third-order valence-electron chi connectivity index (χ3n) is 5.34. The minimum absolute atomic E-state index is 0.0311. The summed E-state index contributed by atoms with van der Waals surface area (Å²) in [5, 5.41) is 3.30. The van der Waals surface area contributed by atoms with Gasteiger partial charge >= 0.3 is 0 Å². The fourth-order valence-electron chi connectivity index (χ4n) is 3.59. The van der Waals surface area contributed by atoms with Crippen molar-refractivity contribution in [3.8, 4) is 5.88 Å². The Hall–Kier alpha value is -3.41. The Labute approximate surface area is 176 Å². The number of benzene rings is 1. The number of anilines is 2. The van der Waals surface area contributed by atoms with Crippen LogP contribution in [0.5, 0.6) is 5.88 Å². The van der Waals surface area contributed by atoms with Crippen LogP contribution >= 0.6 is 0 Å². The molecule has 3 heterocycles. The summed E-state index contributed by atoms with van der Waals surface area (Å²) in [7, 11) is 1.59. The highest BCUT2D eigenvalue weighted by atomic mass is 16.5. The minimum Gasteiger partial charge on any atom is -0.481 e. The third-order valence-corrected chi connectivity index (χ3v) is 5.34. The maximum absolute atomic E-state index is 13.2. The summed E-state index contributed by atoms with van der Waals surface area (Å²) in [6.07, 6.45) is 3.45. The van der Waals surface area contributed by atoms with Gasteiger partial charge in [0.25, 0.3) is 5.91 Å². The van der Waals surface area contributed by atoms with E-state index in [0.717, 1.165) is 16.8 Å². The molecule has 0 bridgehead atoms. The third kappa shape index (κ3) is 3.85. The Morgan fingerprint density at radius 3 is 2.50 bits per heavy atom. The highest BCUT2D eigenvalue weighted by molar-refractivity contribution is 6.12. The summed E-state index contributed by atoms with van der Waals surface area (Å²) in [4.78, 5) is 23.6. The Balaban J connectivity index is 1.55. The molecule has 4 rings (SSSR count). The zero-order chi connectivity index (χ0) is 21.3. The van der Waals surface area contributed by atoms with Crippen molar-refractivity contribution in [3.63, 3.8) is 0 Å². The molecular formula is C24H26N4O2. The number of aromatic nitrogens is 2. The van der Waals surface area contributed by atoms with Crippen molar-refractivity contribution >= 4 is 17.4 Å². The Morgan fingerprint density at radius 1 is 1.07 bits per heavy atom. The average molecular weight is 402 g/mol. The second-order valence-corrected chi connectivity index (χ2v) is 8.44. The normalized spacial score (nSPS) is 13.3. The lowest BCUT2D eigenvalue weighted by Gasteiger charge is -2.21. The number of nitrogens with one attached hydrogen (secondary N) is 1. The van der Waals surface area contributed by atoms with Gasteiger partial charge in [-0.2, -0.15) is 0 Å². The quantitative estimate of drug-likeness (QED) is 0.678. The molecule has 0 fully saturated rings. The summed E-state index contributed by atoms with van der Waals surface area (Å²) in [5.74, 6) is 1.13. The van der Waals surface area contributed by atoms with Gasteiger partial charge in [-0.1, -0.05) is 32.9 Å². The molecular weight excluding hydrogens is 376 g/mol. The lowest BCUT2D eigenvalue weighted by molar-refractivity contribution is 0.0997. The maximum atomic E-state index is 13.2. The molecule has 0 aliphatic carbocycles. The number of pyridine rings is 2. The first-order valence-corrected chi connectivity index (χ1v) is 10.00. The number of fused-ring (bicyclic) bond motifs is 1. The molecule has 0 atom stereocenters. The topological polar surface area (TPSA) is 67.3 Å². The van der Waals surface area contributed by atoms with E-state index in [-0.39, 0.29) is 11.3 Å². The SMILES string of the molecule is COc1cc(CNc2nccc3c2C(=O)N(c2ccc(C(C)(C)C)cc2)C3)ccn1. The van der Waals surface area contributed by atoms with Crippen LogP contribution in [-0.4, -0.2) is 23.0 Å². The smallest absolute Gasteiger partial charge is 0.262 e. The van der Waals surface area contributed by atoms with Crippen molar-refractivity contribution in [2.75, 3.05) is 17.3 Å². The number of hydrogen-bond acceptors (Lipinski definition) is 5. The molecule has 6 heteroatoms. The molecule has 30 heavy (non-hydrogen) atoms. The summed E-state index contributed by atoms with van der Waals surface area (Å²) in [5.41, 5.74) is 4.83. The van der Waals surface area contributed by atoms with Gasteiger partial charge in [0.15, 0.2) is 0 Å². The average Bonchev–Trinajstić information content (AvgIpc) is 3.09. The highest BCUT2D eigenvalue weighted by Crippen LogP contribution is 2.33. The van der Waals surface area contributed by atoms with E-state index in [2.05, 4.69) is 48.2 Å². The first kappa shape index (κ1) is 19.9. The van der Waals surface area contributed by atoms with Crippen LogP contribution in [0.1, 0.15) is 47.8 Å². The summed E-state index contributed by atoms with van der Waals surface area (Å²) >= 11 is 0. The van der Waals surface area contributed by atoms with Crippen LogP contribution in [0.25, 0.3) is 0 Å². The van der Waals surface area contributed by atoms with Crippen LogP contribution in [-0.2, 0) is 18.5 Å². The first-order chi connectivity index (χ1) is 14.4. The Morgan fingerprint density at radius 2 is 1.80 bits per heavy atom. The molecule has 1 aromatic carbocycles. The van der Waals surface area contributed by atoms with Crippen molar-refractivity contribution in [1.29, 1.82) is 0 Å². The van der Waals surface area contributed by atoms with Crippen LogP contribution in [0.2, 0.25) is 0 Å². The highest BCUT2D eigenvalue weighted by Gasteiger charge is 2.32. The van der Waals surface area contributed by atoms with Crippen LogP contribution < -0.4 is 15.0 Å². The van der Waals surface area contributed by atoms with Gasteiger partial charge in [-0.15, -0.1) is 0 Å². The van der Waals surface area contributed by atoms with Crippen LogP contribution in [0, 0.1) is 0 Å². The predicted octanol–water partition coefficient (Wildman–Crippen LogP) is 4.56. The number of amides is 1. The summed E-state index contributed by atoms with van der Waals surface area (Å²) in [6, 6.07) is 13.9. The minimum atomic E-state index is -0.0311. The van der Waals surface area contributed by atoms with Gasteiger partial charge < -0.3 is 15.0 Å². The van der Waals surface area contributed by atoms with E-state index >= 15 is 0 Å². The molecule has 1 amide bonds. The molecule has 0 radical (unpaired) electrons. The fourth-order valence-corrected chi connectivity index (χ4v) is 3.59. The van der Waals surface area contributed by atoms with E-state index in [9.17, 15) is 4.79 Å². The van der Waals surface area contributed by atoms with Gasteiger partial charge in [0.1, 0.15) is 5.82 Å². The van der Waals surface area contributed by atoms with Gasteiger partial charge in [-0.3, -0.25) is 4.79 Å². The molecule has 1 aliphatic rings. The van der Waals surface area contributed by atoms with Crippen molar-refractivity contribution < 1.29 is 9.53 Å². The van der Waals surface area contributed by atoms with Gasteiger partial charge in [-0.05, 0) is 46.4 Å². The molecule has 1 N–H and O–H groups in total. The number of nitrogens with zero attached hydrogens (tertiary/aromatic N) is 3. The van der Waals surface area contributed by atoms with Crippen LogP contribution in [0.3, 0.4) is 0 Å². The molecule has 154 valence electrons. The standard InChI is InChI=1S/C24H26N4O2/c1-24(2,3)18-5-7-19(8-6-18)28-15-17-10-12-26-22(21(17)23(28)29)27-14-16-9-11-25-20(13-16)30-4/h5-13H,14-15H2,1-4H3,(H,26,27). The fraction of sp³-hybridized carbons (Fsp3) is 0.292. The van der Waals surface area contributed by atoms with Crippen molar-refractivity contribution in [2.45, 2.75) is 39.3 Å². The number of methoxy groups -OCH3 is 1. The van der Waals surface area contributed by atoms with Crippen molar-refractivity contribution in [2.24, 2.45) is 0 Å². The number of carbonyl (C=O) groups is 1. The largest absolute Gasteiger partial charge is 0.481 e. The van der Waals surface area contributed by atoms with E-state index in [1.807, 2.05) is 30.3 Å². The van der Waals surface area contributed by atoms with E-state index < -0.39 is 0 Å². The molecule has 2 aromatic heterocycles. The molecule has 0 spiro atoms. The Bertz CT molecular complexity index is 1070. The molecule has 1 aliphatic heterocycles. The predicted molar refractivity (Wildman–Crippen MR) is 118 cm³/mol. The molecule has 0 unspecified atom stereocenters. The lowest BCUT2D eigenvalue weighted by Crippen LogP contribution is -2.24. The number of rotatable bonds is 5. The van der Waals surface area contributed by atoms with E-state index in [4.69, 9.17) is 4.74 Å².